The maximum atomic E-state index is 12.0. The maximum Gasteiger partial charge on any atom is 0.157 e. The van der Waals surface area contributed by atoms with E-state index in [9.17, 15) is 4.79 Å². The van der Waals surface area contributed by atoms with E-state index in [0.717, 1.165) is 29.6 Å². The number of hydrogen-bond acceptors (Lipinski definition) is 2. The summed E-state index contributed by atoms with van der Waals surface area (Å²) in [6.45, 7) is 4.34. The third-order valence-corrected chi connectivity index (χ3v) is 8.38. The molecule has 27 heavy (non-hydrogen) atoms. The first-order valence-electron chi connectivity index (χ1n) is 10.5. The van der Waals surface area contributed by atoms with Crippen molar-refractivity contribution in [2.45, 2.75) is 75.0 Å². The van der Waals surface area contributed by atoms with Gasteiger partial charge in [0.2, 0.25) is 0 Å². The zero-order valence-corrected chi connectivity index (χ0v) is 18.1. The zero-order valence-electron chi connectivity index (χ0n) is 16.5. The molecule has 5 aliphatic carbocycles. The van der Waals surface area contributed by atoms with Crippen molar-refractivity contribution in [1.29, 1.82) is 0 Å². The molecule has 144 valence electrons. The fraction of sp³-hybridized carbons (Fsp3) is 0.625. The van der Waals surface area contributed by atoms with Crippen LogP contribution in [0.2, 0.25) is 0 Å². The predicted molar refractivity (Wildman–Crippen MR) is 114 cm³/mol. The Morgan fingerprint density at radius 1 is 1.00 bits per heavy atom. The normalized spacial score (nSPS) is 39.4. The summed E-state index contributed by atoms with van der Waals surface area (Å²) >= 11 is 4.13. The van der Waals surface area contributed by atoms with Crippen LogP contribution >= 0.6 is 15.9 Å². The average Bonchev–Trinajstić information content (AvgIpc) is 2.51. The number of anilines is 1. The van der Waals surface area contributed by atoms with Crippen molar-refractivity contribution in [3.05, 3.63) is 41.6 Å². The van der Waals surface area contributed by atoms with Gasteiger partial charge in [0.1, 0.15) is 0 Å². The lowest BCUT2D eigenvalue weighted by Crippen LogP contribution is -2.54. The Balaban J connectivity index is 1.36. The highest BCUT2D eigenvalue weighted by molar-refractivity contribution is 9.10. The minimum Gasteiger partial charge on any atom is -0.359 e. The van der Waals surface area contributed by atoms with E-state index in [4.69, 9.17) is 0 Å². The first-order chi connectivity index (χ1) is 12.7. The lowest BCUT2D eigenvalue weighted by atomic mass is 9.48. The molecule has 0 aliphatic heterocycles. The topological polar surface area (TPSA) is 29.1 Å². The second kappa shape index (κ2) is 5.95. The molecule has 1 aromatic carbocycles. The van der Waals surface area contributed by atoms with Crippen LogP contribution in [0.25, 0.3) is 0 Å². The molecule has 1 N–H and O–H groups in total. The van der Waals surface area contributed by atoms with Gasteiger partial charge in [0.15, 0.2) is 5.78 Å². The number of carbonyl (C=O) groups excluding carboxylic acids is 1. The molecule has 0 saturated heterocycles. The van der Waals surface area contributed by atoms with Crippen LogP contribution < -0.4 is 5.32 Å². The smallest absolute Gasteiger partial charge is 0.157 e. The van der Waals surface area contributed by atoms with E-state index < -0.39 is 0 Å². The Kier molecular flexibility index (Phi) is 3.96. The Bertz CT molecular complexity index is 792. The van der Waals surface area contributed by atoms with Crippen molar-refractivity contribution in [3.63, 3.8) is 0 Å². The van der Waals surface area contributed by atoms with Crippen molar-refractivity contribution in [1.82, 2.24) is 0 Å². The highest BCUT2D eigenvalue weighted by atomic mass is 79.9. The van der Waals surface area contributed by atoms with Crippen LogP contribution in [0.5, 0.6) is 0 Å². The van der Waals surface area contributed by atoms with Gasteiger partial charge in [-0.25, -0.2) is 0 Å². The number of ketones is 1. The third-order valence-electron chi connectivity index (χ3n) is 7.45. The molecule has 3 heteroatoms. The minimum atomic E-state index is 0.0531. The van der Waals surface area contributed by atoms with E-state index in [1.807, 2.05) is 0 Å². The number of halogens is 1. The molecule has 0 spiro atoms. The first-order valence-corrected chi connectivity index (χ1v) is 11.3. The zero-order chi connectivity index (χ0) is 18.9. The van der Waals surface area contributed by atoms with Crippen LogP contribution in [0.3, 0.4) is 0 Å². The van der Waals surface area contributed by atoms with Gasteiger partial charge in [-0.1, -0.05) is 41.9 Å². The van der Waals surface area contributed by atoms with Crippen LogP contribution in [0, 0.1) is 17.3 Å². The molecule has 1 aromatic rings. The maximum absolute atomic E-state index is 12.0. The molecule has 0 radical (unpaired) electrons. The third kappa shape index (κ3) is 3.30. The van der Waals surface area contributed by atoms with Crippen LogP contribution in [-0.4, -0.2) is 10.1 Å². The van der Waals surface area contributed by atoms with E-state index >= 15 is 0 Å². The fourth-order valence-corrected chi connectivity index (χ4v) is 8.46. The Morgan fingerprint density at radius 2 is 1.67 bits per heavy atom. The Morgan fingerprint density at radius 3 is 2.26 bits per heavy atom. The van der Waals surface area contributed by atoms with Crippen molar-refractivity contribution in [2.24, 2.45) is 17.3 Å². The van der Waals surface area contributed by atoms with Crippen molar-refractivity contribution < 1.29 is 4.79 Å². The minimum absolute atomic E-state index is 0.0531. The lowest BCUT2D eigenvalue weighted by Gasteiger charge is -2.60. The summed E-state index contributed by atoms with van der Waals surface area (Å²) in [7, 11) is 0. The molecule has 0 aromatic heterocycles. The van der Waals surface area contributed by atoms with E-state index in [1.165, 1.54) is 44.1 Å². The average molecular weight is 428 g/mol. The van der Waals surface area contributed by atoms with Gasteiger partial charge in [0.25, 0.3) is 0 Å². The molecule has 4 atom stereocenters. The predicted octanol–water partition coefficient (Wildman–Crippen LogP) is 6.36. The number of carbonyl (C=O) groups is 1. The standard InChI is InChI=1S/C24H30BrNO/c1-22(2)13-20(8-21(27)14-22)26-19-5-3-18(4-6-19)23-9-16-7-17(10-23)12-24(25,11-16)15-23/h3-6,8,16-17,26H,7,9-15H2,1-2H3/t16-,17+,23?,24?. The van der Waals surface area contributed by atoms with E-state index in [0.29, 0.717) is 16.2 Å². The quantitative estimate of drug-likeness (QED) is 0.568. The fourth-order valence-electron chi connectivity index (χ4n) is 7.01. The second-order valence-corrected chi connectivity index (χ2v) is 12.4. The highest BCUT2D eigenvalue weighted by Gasteiger charge is 2.57. The van der Waals surface area contributed by atoms with Gasteiger partial charge in [0, 0.05) is 28.2 Å². The molecule has 2 nitrogen and oxygen atoms in total. The molecule has 4 fully saturated rings. The first kappa shape index (κ1) is 18.0. The van der Waals surface area contributed by atoms with E-state index in [2.05, 4.69) is 59.4 Å². The summed E-state index contributed by atoms with van der Waals surface area (Å²) < 4.78 is 0.396. The van der Waals surface area contributed by atoms with Gasteiger partial charge >= 0.3 is 0 Å². The number of allylic oxidation sites excluding steroid dienone is 2. The van der Waals surface area contributed by atoms with E-state index in [1.54, 1.807) is 6.08 Å². The van der Waals surface area contributed by atoms with Crippen LogP contribution in [-0.2, 0) is 10.2 Å². The Hall–Kier alpha value is -1.09. The lowest BCUT2D eigenvalue weighted by molar-refractivity contribution is -0.117. The molecular weight excluding hydrogens is 398 g/mol. The second-order valence-electron chi connectivity index (χ2n) is 10.7. The largest absolute Gasteiger partial charge is 0.359 e. The number of hydrogen-bond donors (Lipinski definition) is 1. The molecular formula is C24H30BrNO. The van der Waals surface area contributed by atoms with Crippen LogP contribution in [0.15, 0.2) is 36.0 Å². The molecule has 4 bridgehead atoms. The van der Waals surface area contributed by atoms with Crippen LogP contribution in [0.4, 0.5) is 5.69 Å². The summed E-state index contributed by atoms with van der Waals surface area (Å²) in [5.74, 6) is 2.05. The van der Waals surface area contributed by atoms with E-state index in [-0.39, 0.29) is 11.2 Å². The van der Waals surface area contributed by atoms with Gasteiger partial charge in [-0.05, 0) is 85.3 Å². The summed E-state index contributed by atoms with van der Waals surface area (Å²) in [5, 5.41) is 3.51. The number of nitrogens with one attached hydrogen (secondary N) is 1. The van der Waals surface area contributed by atoms with Gasteiger partial charge < -0.3 is 5.32 Å². The summed E-state index contributed by atoms with van der Waals surface area (Å²) in [6, 6.07) is 9.15. The molecule has 5 aliphatic rings. The molecule has 4 saturated carbocycles. The SMILES string of the molecule is CC1(C)CC(=O)C=C(Nc2ccc(C34C[C@@H]5C[C@@H](CC(Br)(C5)C3)C4)cc2)C1. The summed E-state index contributed by atoms with van der Waals surface area (Å²) in [6.07, 6.45) is 11.6. The van der Waals surface area contributed by atoms with Crippen molar-refractivity contribution in [2.75, 3.05) is 5.32 Å². The van der Waals surface area contributed by atoms with Crippen molar-refractivity contribution >= 4 is 27.4 Å². The molecule has 6 rings (SSSR count). The molecule has 0 amide bonds. The monoisotopic (exact) mass is 427 g/mol. The van der Waals surface area contributed by atoms with Gasteiger partial charge in [-0.3, -0.25) is 4.79 Å². The highest BCUT2D eigenvalue weighted by Crippen LogP contribution is 2.64. The molecule has 0 heterocycles. The number of alkyl halides is 1. The summed E-state index contributed by atoms with van der Waals surface area (Å²) in [5.41, 5.74) is 4.12. The van der Waals surface area contributed by atoms with Gasteiger partial charge in [-0.2, -0.15) is 0 Å². The number of rotatable bonds is 3. The van der Waals surface area contributed by atoms with Crippen molar-refractivity contribution in [3.8, 4) is 0 Å². The number of benzene rings is 1. The summed E-state index contributed by atoms with van der Waals surface area (Å²) in [4.78, 5) is 12.0. The Labute approximate surface area is 171 Å². The van der Waals surface area contributed by atoms with Gasteiger partial charge in [0.05, 0.1) is 0 Å². The van der Waals surface area contributed by atoms with Gasteiger partial charge in [-0.15, -0.1) is 0 Å². The molecule has 2 unspecified atom stereocenters. The van der Waals surface area contributed by atoms with Crippen LogP contribution in [0.1, 0.15) is 70.8 Å².